The van der Waals surface area contributed by atoms with Crippen molar-refractivity contribution in [2.45, 2.75) is 116 Å². The number of carbonyl (C=O) groups excluding carboxylic acids is 3. The quantitative estimate of drug-likeness (QED) is 0.141. The fourth-order valence-electron chi connectivity index (χ4n) is 11.0. The number of rotatable bonds is 8. The third kappa shape index (κ3) is 5.24. The van der Waals surface area contributed by atoms with Crippen molar-refractivity contribution in [3.63, 3.8) is 0 Å². The largest absolute Gasteiger partial charge is 0.393 e. The Bertz CT molecular complexity index is 1270. The summed E-state index contributed by atoms with van der Waals surface area (Å²) in [6.45, 7) is 9.07. The number of azide groups is 1. The van der Waals surface area contributed by atoms with Crippen LogP contribution < -0.4 is 10.6 Å². The molecule has 44 heavy (non-hydrogen) atoms. The molecule has 0 radical (unpaired) electrons. The minimum Gasteiger partial charge on any atom is -0.393 e. The maximum Gasteiger partial charge on any atom is 0.268 e. The Hall–Kier alpha value is -2.23. The lowest BCUT2D eigenvalue weighted by atomic mass is 9.44. The predicted octanol–water partition coefficient (Wildman–Crippen LogP) is 5.48. The number of aliphatic hydroxyl groups is 1. The highest BCUT2D eigenvalue weighted by Crippen LogP contribution is 2.68. The standard InChI is InChI=1S/C33H50N6O4S/c1-18(5-10-26(41)37-27-30(43)39-28(19(2)16-44-31(27)39)29(42)35-17-36-38-34)23-8-9-24-22-7-6-20-15-21(40)11-13-32(20,3)25(22)12-14-33(23,24)4/h18,20-25,27,31,40H,5-17H2,1-4H3,(H,35,42)(H,37,41)/t18-,20-,21-,22+,23-,24+,25?,27?,31?,32+,33-/m1/s1. The van der Waals surface area contributed by atoms with Crippen molar-refractivity contribution in [3.8, 4) is 0 Å². The number of thioether (sulfide) groups is 1. The lowest BCUT2D eigenvalue weighted by Crippen LogP contribution is -2.70. The van der Waals surface area contributed by atoms with Crippen LogP contribution in [0.1, 0.15) is 98.3 Å². The van der Waals surface area contributed by atoms with E-state index in [-0.39, 0.29) is 30.0 Å². The average Bonchev–Trinajstić information content (AvgIpc) is 3.36. The van der Waals surface area contributed by atoms with Crippen LogP contribution in [0.25, 0.3) is 10.4 Å². The molecule has 4 aliphatic carbocycles. The Morgan fingerprint density at radius 3 is 2.66 bits per heavy atom. The molecular weight excluding hydrogens is 576 g/mol. The maximum absolute atomic E-state index is 13.1. The zero-order valence-corrected chi connectivity index (χ0v) is 27.6. The normalized spacial score (nSPS) is 41.7. The molecule has 0 bridgehead atoms. The van der Waals surface area contributed by atoms with Crippen LogP contribution in [-0.2, 0) is 14.4 Å². The van der Waals surface area contributed by atoms with Crippen LogP contribution in [0.4, 0.5) is 0 Å². The maximum atomic E-state index is 13.1. The van der Waals surface area contributed by atoms with Crippen LogP contribution in [0.15, 0.2) is 16.4 Å². The van der Waals surface area contributed by atoms with Crippen LogP contribution in [0.3, 0.4) is 0 Å². The number of aliphatic hydroxyl groups excluding tert-OH is 1. The van der Waals surface area contributed by atoms with Gasteiger partial charge in [-0.1, -0.05) is 25.9 Å². The molecule has 0 spiro atoms. The number of carbonyl (C=O) groups is 3. The van der Waals surface area contributed by atoms with Crippen molar-refractivity contribution in [2.75, 3.05) is 12.4 Å². The van der Waals surface area contributed by atoms with Crippen molar-refractivity contribution in [1.82, 2.24) is 15.5 Å². The second-order valence-corrected chi connectivity index (χ2v) is 16.4. The number of nitrogens with zero attached hydrogens (tertiary/aromatic N) is 4. The van der Waals surface area contributed by atoms with E-state index in [0.717, 1.165) is 42.6 Å². The van der Waals surface area contributed by atoms with Gasteiger partial charge in [0.25, 0.3) is 11.8 Å². The van der Waals surface area contributed by atoms with E-state index in [1.807, 2.05) is 6.92 Å². The molecule has 2 heterocycles. The van der Waals surface area contributed by atoms with E-state index in [4.69, 9.17) is 5.53 Å². The first-order chi connectivity index (χ1) is 21.0. The van der Waals surface area contributed by atoms with Crippen molar-refractivity contribution < 1.29 is 19.5 Å². The summed E-state index contributed by atoms with van der Waals surface area (Å²) >= 11 is 1.55. The molecule has 6 rings (SSSR count). The molecule has 0 aromatic carbocycles. The van der Waals surface area contributed by atoms with Gasteiger partial charge in [0.15, 0.2) is 0 Å². The molecule has 10 nitrogen and oxygen atoms in total. The summed E-state index contributed by atoms with van der Waals surface area (Å²) in [7, 11) is 0. The van der Waals surface area contributed by atoms with E-state index in [1.165, 1.54) is 49.8 Å². The van der Waals surface area contributed by atoms with Gasteiger partial charge in [0.05, 0.1) is 12.8 Å². The third-order valence-corrected chi connectivity index (χ3v) is 14.7. The van der Waals surface area contributed by atoms with Gasteiger partial charge in [-0.05, 0) is 129 Å². The molecule has 1 saturated heterocycles. The van der Waals surface area contributed by atoms with E-state index in [1.54, 1.807) is 11.8 Å². The van der Waals surface area contributed by atoms with Gasteiger partial charge in [0.2, 0.25) is 5.91 Å². The predicted molar refractivity (Wildman–Crippen MR) is 170 cm³/mol. The molecule has 242 valence electrons. The first-order valence-electron chi connectivity index (χ1n) is 16.9. The zero-order chi connectivity index (χ0) is 31.4. The summed E-state index contributed by atoms with van der Waals surface area (Å²) in [6.07, 6.45) is 12.0. The second kappa shape index (κ2) is 12.2. The van der Waals surface area contributed by atoms with E-state index in [0.29, 0.717) is 46.5 Å². The lowest BCUT2D eigenvalue weighted by molar-refractivity contribution is -0.147. The third-order valence-electron chi connectivity index (χ3n) is 13.3. The molecule has 3 unspecified atom stereocenters. The smallest absolute Gasteiger partial charge is 0.268 e. The van der Waals surface area contributed by atoms with Gasteiger partial charge >= 0.3 is 0 Å². The van der Waals surface area contributed by atoms with Crippen molar-refractivity contribution in [2.24, 2.45) is 51.5 Å². The fraction of sp³-hybridized carbons (Fsp3) is 0.848. The number of hydrogen-bond donors (Lipinski definition) is 3. The summed E-state index contributed by atoms with van der Waals surface area (Å²) in [5.74, 6) is 3.89. The summed E-state index contributed by atoms with van der Waals surface area (Å²) in [6, 6.07) is -0.628. The lowest BCUT2D eigenvalue weighted by Gasteiger charge is -2.61. The van der Waals surface area contributed by atoms with E-state index in [2.05, 4.69) is 41.4 Å². The highest BCUT2D eigenvalue weighted by molar-refractivity contribution is 8.00. The molecular formula is C33H50N6O4S. The van der Waals surface area contributed by atoms with Gasteiger partial charge in [-0.15, -0.1) is 11.8 Å². The Morgan fingerprint density at radius 2 is 1.89 bits per heavy atom. The summed E-state index contributed by atoms with van der Waals surface area (Å²) < 4.78 is 0. The Kier molecular flexibility index (Phi) is 8.78. The summed E-state index contributed by atoms with van der Waals surface area (Å²) in [5, 5.41) is 18.9. The van der Waals surface area contributed by atoms with Gasteiger partial charge in [-0.2, -0.15) is 0 Å². The fourth-order valence-corrected chi connectivity index (χ4v) is 12.3. The molecule has 11 atom stereocenters. The van der Waals surface area contributed by atoms with Crippen molar-refractivity contribution >= 4 is 29.5 Å². The van der Waals surface area contributed by atoms with Gasteiger partial charge < -0.3 is 15.7 Å². The highest BCUT2D eigenvalue weighted by atomic mass is 32.2. The van der Waals surface area contributed by atoms with Crippen LogP contribution >= 0.6 is 11.8 Å². The Morgan fingerprint density at radius 1 is 1.14 bits per heavy atom. The monoisotopic (exact) mass is 626 g/mol. The van der Waals surface area contributed by atoms with E-state index in [9.17, 15) is 19.5 Å². The van der Waals surface area contributed by atoms with Crippen molar-refractivity contribution in [3.05, 3.63) is 21.7 Å². The molecule has 6 aliphatic rings. The van der Waals surface area contributed by atoms with E-state index < -0.39 is 11.9 Å². The number of fused-ring (bicyclic) bond motifs is 6. The minimum atomic E-state index is -0.628. The summed E-state index contributed by atoms with van der Waals surface area (Å²) in [5.41, 5.74) is 10.3. The molecule has 3 amide bonds. The first kappa shape index (κ1) is 31.7. The minimum absolute atomic E-state index is 0.0924. The number of β-lactam (4-membered cyclic amide) rings is 1. The number of amides is 3. The number of hydrogen-bond acceptors (Lipinski definition) is 6. The average molecular weight is 627 g/mol. The molecule has 0 aromatic rings. The molecule has 3 N–H and O–H groups in total. The molecule has 0 aromatic heterocycles. The van der Waals surface area contributed by atoms with Gasteiger partial charge in [-0.25, -0.2) is 0 Å². The van der Waals surface area contributed by atoms with Crippen molar-refractivity contribution in [1.29, 1.82) is 0 Å². The first-order valence-corrected chi connectivity index (χ1v) is 18.0. The molecule has 4 saturated carbocycles. The van der Waals surface area contributed by atoms with Crippen LogP contribution in [0.2, 0.25) is 0 Å². The topological polar surface area (TPSA) is 147 Å². The zero-order valence-electron chi connectivity index (χ0n) is 26.8. The van der Waals surface area contributed by atoms with Crippen LogP contribution in [-0.4, -0.2) is 57.7 Å². The number of nitrogens with one attached hydrogen (secondary N) is 2. The molecule has 5 fully saturated rings. The highest BCUT2D eigenvalue weighted by Gasteiger charge is 2.60. The van der Waals surface area contributed by atoms with Gasteiger partial charge in [0, 0.05) is 17.1 Å². The Labute approximate surface area is 265 Å². The summed E-state index contributed by atoms with van der Waals surface area (Å²) in [4.78, 5) is 43.0. The Balaban J connectivity index is 1.02. The second-order valence-electron chi connectivity index (χ2n) is 15.3. The molecule has 2 aliphatic heterocycles. The van der Waals surface area contributed by atoms with Gasteiger partial charge in [0.1, 0.15) is 17.1 Å². The SMILES string of the molecule is CC1=C(C(=O)NCN=[N+]=[N-])N2C(=O)C(NC(=O)CC[C@@H](C)[C@H]3CC[C@H]4[C@@H]5CC[C@@H]6C[C@H](O)CC[C@]6(C)C5CC[C@]34C)C2SC1. The van der Waals surface area contributed by atoms with Gasteiger partial charge in [-0.3, -0.25) is 19.3 Å². The molecule has 11 heteroatoms. The van der Waals surface area contributed by atoms with E-state index >= 15 is 0 Å². The van der Waals surface area contributed by atoms with Crippen LogP contribution in [0, 0.1) is 46.3 Å². The van der Waals surface area contributed by atoms with Crippen LogP contribution in [0.5, 0.6) is 0 Å².